The van der Waals surface area contributed by atoms with Crippen molar-refractivity contribution in [3.05, 3.63) is 68.7 Å². The van der Waals surface area contributed by atoms with Crippen LogP contribution in [0.2, 0.25) is 15.1 Å². The van der Waals surface area contributed by atoms with Gasteiger partial charge < -0.3 is 10.2 Å². The maximum atomic E-state index is 13.1. The molecule has 0 bridgehead atoms. The Morgan fingerprint density at radius 3 is 2.23 bits per heavy atom. The van der Waals surface area contributed by atoms with Crippen molar-refractivity contribution in [3.63, 3.8) is 0 Å². The molecule has 0 aliphatic carbocycles. The monoisotopic (exact) mass is 486 g/mol. The molecule has 0 spiro atoms. The van der Waals surface area contributed by atoms with Gasteiger partial charge in [-0.05, 0) is 48.7 Å². The van der Waals surface area contributed by atoms with Crippen LogP contribution in [0.4, 0.5) is 0 Å². The van der Waals surface area contributed by atoms with E-state index in [0.29, 0.717) is 40.3 Å². The molecule has 0 radical (unpaired) electrons. The standard InChI is InChI=1S/C22H25Cl3N2O2S/c1-3-20(22(29)26-4-2)27(12-15-8-10-16(23)11-9-15)21(28)14-30-13-17-18(24)6-5-7-19(17)25/h5-11,20H,3-4,12-14H2,1-2H3,(H,26,29). The van der Waals surface area contributed by atoms with Gasteiger partial charge in [-0.1, -0.05) is 59.9 Å². The van der Waals surface area contributed by atoms with E-state index in [1.807, 2.05) is 26.0 Å². The van der Waals surface area contributed by atoms with Gasteiger partial charge in [0.25, 0.3) is 0 Å². The van der Waals surface area contributed by atoms with E-state index >= 15 is 0 Å². The number of thioether (sulfide) groups is 1. The summed E-state index contributed by atoms with van der Waals surface area (Å²) in [5.74, 6) is 0.458. The number of nitrogens with zero attached hydrogens (tertiary/aromatic N) is 1. The number of hydrogen-bond donors (Lipinski definition) is 1. The molecule has 2 aromatic carbocycles. The van der Waals surface area contributed by atoms with Crippen molar-refractivity contribution in [3.8, 4) is 0 Å². The van der Waals surface area contributed by atoms with Gasteiger partial charge in [0.15, 0.2) is 0 Å². The van der Waals surface area contributed by atoms with Gasteiger partial charge in [0.05, 0.1) is 5.75 Å². The van der Waals surface area contributed by atoms with Crippen molar-refractivity contribution in [2.45, 2.75) is 38.6 Å². The van der Waals surface area contributed by atoms with Crippen LogP contribution < -0.4 is 5.32 Å². The Kier molecular flexibility index (Phi) is 10.3. The second-order valence-corrected chi connectivity index (χ2v) is 8.90. The Morgan fingerprint density at radius 1 is 1.03 bits per heavy atom. The first kappa shape index (κ1) is 24.9. The van der Waals surface area contributed by atoms with Crippen molar-refractivity contribution in [2.24, 2.45) is 0 Å². The number of nitrogens with one attached hydrogen (secondary N) is 1. The molecule has 0 saturated carbocycles. The Bertz CT molecular complexity index is 842. The topological polar surface area (TPSA) is 49.4 Å². The second-order valence-electron chi connectivity index (χ2n) is 6.66. The van der Waals surface area contributed by atoms with Crippen LogP contribution in [-0.2, 0) is 21.9 Å². The summed E-state index contributed by atoms with van der Waals surface area (Å²) in [5.41, 5.74) is 1.72. The van der Waals surface area contributed by atoms with Gasteiger partial charge in [0.2, 0.25) is 11.8 Å². The van der Waals surface area contributed by atoms with E-state index in [0.717, 1.165) is 11.1 Å². The molecule has 1 unspecified atom stereocenters. The summed E-state index contributed by atoms with van der Waals surface area (Å²) >= 11 is 19.8. The zero-order valence-corrected chi connectivity index (χ0v) is 20.0. The summed E-state index contributed by atoms with van der Waals surface area (Å²) in [4.78, 5) is 27.3. The molecule has 2 amide bonds. The van der Waals surface area contributed by atoms with Crippen LogP contribution in [0.5, 0.6) is 0 Å². The highest BCUT2D eigenvalue weighted by atomic mass is 35.5. The average Bonchev–Trinajstić information content (AvgIpc) is 2.71. The minimum Gasteiger partial charge on any atom is -0.355 e. The summed E-state index contributed by atoms with van der Waals surface area (Å²) in [6.07, 6.45) is 0.520. The van der Waals surface area contributed by atoms with E-state index in [2.05, 4.69) is 5.32 Å². The molecular weight excluding hydrogens is 463 g/mol. The molecule has 8 heteroatoms. The molecule has 2 rings (SSSR count). The smallest absolute Gasteiger partial charge is 0.242 e. The fraction of sp³-hybridized carbons (Fsp3) is 0.364. The lowest BCUT2D eigenvalue weighted by Gasteiger charge is -2.30. The Hall–Kier alpha value is -1.40. The SMILES string of the molecule is CCNC(=O)C(CC)N(Cc1ccc(Cl)cc1)C(=O)CSCc1c(Cl)cccc1Cl. The first-order valence-electron chi connectivity index (χ1n) is 9.69. The minimum atomic E-state index is -0.544. The average molecular weight is 488 g/mol. The van der Waals surface area contributed by atoms with Crippen LogP contribution in [0.25, 0.3) is 0 Å². The molecular formula is C22H25Cl3N2O2S. The molecule has 0 aliphatic rings. The molecule has 30 heavy (non-hydrogen) atoms. The van der Waals surface area contributed by atoms with E-state index < -0.39 is 6.04 Å². The van der Waals surface area contributed by atoms with E-state index in [4.69, 9.17) is 34.8 Å². The molecule has 162 valence electrons. The number of carbonyl (C=O) groups is 2. The molecule has 1 atom stereocenters. The predicted octanol–water partition coefficient (Wildman–Crippen LogP) is 5.82. The lowest BCUT2D eigenvalue weighted by molar-refractivity contribution is -0.139. The molecule has 0 heterocycles. The second kappa shape index (κ2) is 12.5. The summed E-state index contributed by atoms with van der Waals surface area (Å²) < 4.78 is 0. The molecule has 4 nitrogen and oxygen atoms in total. The van der Waals surface area contributed by atoms with Crippen molar-refractivity contribution >= 4 is 58.4 Å². The van der Waals surface area contributed by atoms with Gasteiger partial charge in [-0.25, -0.2) is 0 Å². The van der Waals surface area contributed by atoms with E-state index in [1.165, 1.54) is 11.8 Å². The lowest BCUT2D eigenvalue weighted by Crippen LogP contribution is -2.49. The third-order valence-corrected chi connectivity index (χ3v) is 6.44. The number of likely N-dealkylation sites (N-methyl/N-ethyl adjacent to an activating group) is 1. The van der Waals surface area contributed by atoms with E-state index in [9.17, 15) is 9.59 Å². The Balaban J connectivity index is 2.14. The maximum Gasteiger partial charge on any atom is 0.242 e. The van der Waals surface area contributed by atoms with E-state index in [-0.39, 0.29) is 17.6 Å². The minimum absolute atomic E-state index is 0.115. The molecule has 0 aromatic heterocycles. The highest BCUT2D eigenvalue weighted by molar-refractivity contribution is 7.99. The fourth-order valence-corrected chi connectivity index (χ4v) is 4.76. The zero-order valence-electron chi connectivity index (χ0n) is 17.0. The molecule has 0 saturated heterocycles. The van der Waals surface area contributed by atoms with Crippen LogP contribution in [0.15, 0.2) is 42.5 Å². The lowest BCUT2D eigenvalue weighted by atomic mass is 10.1. The van der Waals surface area contributed by atoms with Gasteiger partial charge in [-0.3, -0.25) is 9.59 Å². The third-order valence-electron chi connectivity index (χ3n) is 4.54. The van der Waals surface area contributed by atoms with Crippen molar-refractivity contribution in [1.82, 2.24) is 10.2 Å². The van der Waals surface area contributed by atoms with Gasteiger partial charge in [0, 0.05) is 33.9 Å². The summed E-state index contributed by atoms with van der Waals surface area (Å²) in [5, 5.41) is 4.61. The summed E-state index contributed by atoms with van der Waals surface area (Å²) in [7, 11) is 0. The Labute approximate surface area is 197 Å². The van der Waals surface area contributed by atoms with Crippen LogP contribution in [0.1, 0.15) is 31.4 Å². The van der Waals surface area contributed by atoms with Gasteiger partial charge >= 0.3 is 0 Å². The fourth-order valence-electron chi connectivity index (χ4n) is 2.99. The van der Waals surface area contributed by atoms with Crippen LogP contribution in [-0.4, -0.2) is 35.1 Å². The van der Waals surface area contributed by atoms with Crippen LogP contribution in [0, 0.1) is 0 Å². The first-order valence-corrected chi connectivity index (χ1v) is 12.0. The molecule has 0 aliphatic heterocycles. The van der Waals surface area contributed by atoms with Crippen LogP contribution >= 0.6 is 46.6 Å². The number of halogens is 3. The molecule has 2 aromatic rings. The molecule has 0 fully saturated rings. The number of amides is 2. The van der Waals surface area contributed by atoms with Gasteiger partial charge in [-0.2, -0.15) is 0 Å². The highest BCUT2D eigenvalue weighted by Gasteiger charge is 2.28. The van der Waals surface area contributed by atoms with E-state index in [1.54, 1.807) is 35.2 Å². The quantitative estimate of drug-likeness (QED) is 0.459. The summed E-state index contributed by atoms with van der Waals surface area (Å²) in [6.45, 7) is 4.61. The zero-order chi connectivity index (χ0) is 22.1. The van der Waals surface area contributed by atoms with Crippen molar-refractivity contribution in [1.29, 1.82) is 0 Å². The number of benzene rings is 2. The number of carbonyl (C=O) groups excluding carboxylic acids is 2. The summed E-state index contributed by atoms with van der Waals surface area (Å²) in [6, 6.07) is 12.1. The van der Waals surface area contributed by atoms with Crippen molar-refractivity contribution in [2.75, 3.05) is 12.3 Å². The van der Waals surface area contributed by atoms with Gasteiger partial charge in [0.1, 0.15) is 6.04 Å². The van der Waals surface area contributed by atoms with Crippen LogP contribution in [0.3, 0.4) is 0 Å². The van der Waals surface area contributed by atoms with Crippen molar-refractivity contribution < 1.29 is 9.59 Å². The maximum absolute atomic E-state index is 13.1. The third kappa shape index (κ3) is 7.09. The molecule has 1 N–H and O–H groups in total. The first-order chi connectivity index (χ1) is 14.4. The predicted molar refractivity (Wildman–Crippen MR) is 127 cm³/mol. The normalized spacial score (nSPS) is 11.8. The number of rotatable bonds is 10. The van der Waals surface area contributed by atoms with Gasteiger partial charge in [-0.15, -0.1) is 11.8 Å². The Morgan fingerprint density at radius 2 is 1.67 bits per heavy atom. The largest absolute Gasteiger partial charge is 0.355 e. The number of hydrogen-bond acceptors (Lipinski definition) is 3. The highest BCUT2D eigenvalue weighted by Crippen LogP contribution is 2.28.